The average Bonchev–Trinajstić information content (AvgIpc) is 0.592. The highest BCUT2D eigenvalue weighted by Gasteiger charge is 2.61. The van der Waals surface area contributed by atoms with Crippen LogP contribution in [0.5, 0.6) is 0 Å². The van der Waals surface area contributed by atoms with Crippen LogP contribution in [0.15, 0.2) is 0 Å². The Morgan fingerprint density at radius 2 is 0.857 bits per heavy atom. The molecule has 0 saturated carbocycles. The molecule has 0 unspecified atom stereocenters. The molecule has 0 aromatic heterocycles. The Morgan fingerprint density at radius 1 is 0.857 bits per heavy atom. The lowest BCUT2D eigenvalue weighted by atomic mass is 15.9. The van der Waals surface area contributed by atoms with Crippen molar-refractivity contribution < 1.29 is 24.0 Å². The van der Waals surface area contributed by atoms with Gasteiger partial charge in [0, 0.05) is 0 Å². The summed E-state index contributed by atoms with van der Waals surface area (Å²) < 4.78 is 56.6. The topological polar surface area (TPSA) is 20.2 Å². The van der Waals surface area contributed by atoms with Crippen LogP contribution in [-0.4, -0.2) is 4.55 Å². The van der Waals surface area contributed by atoms with Crippen LogP contribution in [-0.2, 0) is 0 Å². The summed E-state index contributed by atoms with van der Waals surface area (Å²) in [4.78, 5) is 0. The van der Waals surface area contributed by atoms with Crippen LogP contribution >= 0.6 is 10.5 Å². The standard InChI is InChI=1S/F5HOS/c1-7(2,3,4,5)6/h6H. The van der Waals surface area contributed by atoms with Crippen LogP contribution in [0.3, 0.4) is 0 Å². The van der Waals surface area contributed by atoms with Crippen LogP contribution in [0.1, 0.15) is 0 Å². The van der Waals surface area contributed by atoms with Crippen molar-refractivity contribution in [3.8, 4) is 0 Å². The van der Waals surface area contributed by atoms with Crippen LogP contribution in [0.25, 0.3) is 0 Å². The maximum Gasteiger partial charge on any atom is 0.394 e. The Hall–Kier alpha value is -0.0400. The van der Waals surface area contributed by atoms with Crippen molar-refractivity contribution >= 4 is 10.5 Å². The van der Waals surface area contributed by atoms with Gasteiger partial charge >= 0.3 is 10.5 Å². The highest BCUT2D eigenvalue weighted by atomic mass is 32.5. The van der Waals surface area contributed by atoms with E-state index in [1.807, 2.05) is 0 Å². The Labute approximate surface area is 35.7 Å². The van der Waals surface area contributed by atoms with E-state index in [0.29, 0.717) is 0 Å². The lowest BCUT2D eigenvalue weighted by molar-refractivity contribution is 0.233. The number of rotatable bonds is 0. The van der Waals surface area contributed by atoms with Crippen molar-refractivity contribution in [2.45, 2.75) is 0 Å². The molecule has 0 radical (unpaired) electrons. The first-order valence-electron chi connectivity index (χ1n) is 0.954. The minimum absolute atomic E-state index is 6.24. The number of hydrogen-bond donors (Lipinski definition) is 1. The van der Waals surface area contributed by atoms with E-state index in [2.05, 4.69) is 0 Å². The lowest BCUT2D eigenvalue weighted by Crippen LogP contribution is -2.00. The van der Waals surface area contributed by atoms with Gasteiger partial charge in [0.25, 0.3) is 0 Å². The molecule has 48 valence electrons. The largest absolute Gasteiger partial charge is 0.394 e. The molecule has 0 amide bonds. The normalized spacial score (nSPS) is 23.1. The summed E-state index contributed by atoms with van der Waals surface area (Å²) in [6, 6.07) is 0. The number of hydrogen-bond acceptors (Lipinski definition) is 1. The van der Waals surface area contributed by atoms with Gasteiger partial charge in [0.1, 0.15) is 0 Å². The fourth-order valence-electron chi connectivity index (χ4n) is 0. The van der Waals surface area contributed by atoms with Crippen LogP contribution in [0.4, 0.5) is 19.4 Å². The van der Waals surface area contributed by atoms with Gasteiger partial charge in [-0.2, -0.15) is 0 Å². The first kappa shape index (κ1) is 6.96. The molecule has 0 bridgehead atoms. The zero-order valence-corrected chi connectivity index (χ0v) is 3.56. The van der Waals surface area contributed by atoms with Gasteiger partial charge in [0.05, 0.1) is 0 Å². The van der Waals surface area contributed by atoms with Crippen LogP contribution in [0.2, 0.25) is 0 Å². The molecule has 0 aromatic carbocycles. The Kier molecular flexibility index (Phi) is 0.651. The van der Waals surface area contributed by atoms with Gasteiger partial charge in [0.15, 0.2) is 0 Å². The minimum atomic E-state index is -9.97. The fourth-order valence-corrected chi connectivity index (χ4v) is 0. The maximum absolute atomic E-state index is 10.1. The van der Waals surface area contributed by atoms with Gasteiger partial charge in [-0.15, -0.1) is 0 Å². The van der Waals surface area contributed by atoms with E-state index in [0.717, 1.165) is 0 Å². The molecule has 0 aliphatic rings. The summed E-state index contributed by atoms with van der Waals surface area (Å²) in [6.07, 6.45) is 0. The Balaban J connectivity index is 4.43. The minimum Gasteiger partial charge on any atom is -0.255 e. The SMILES string of the molecule is OS(F)(F)(F)(F)F. The Morgan fingerprint density at radius 3 is 0.857 bits per heavy atom. The third-order valence-electron chi connectivity index (χ3n) is 0. The van der Waals surface area contributed by atoms with E-state index in [1.165, 1.54) is 0 Å². The van der Waals surface area contributed by atoms with Crippen molar-refractivity contribution in [3.63, 3.8) is 0 Å². The monoisotopic (exact) mass is 144 g/mol. The van der Waals surface area contributed by atoms with Gasteiger partial charge < -0.3 is 0 Å². The van der Waals surface area contributed by atoms with Crippen molar-refractivity contribution in [3.05, 3.63) is 0 Å². The molecule has 1 nitrogen and oxygen atoms in total. The second-order valence-electron chi connectivity index (χ2n) is 0.928. The van der Waals surface area contributed by atoms with Crippen molar-refractivity contribution in [2.75, 3.05) is 0 Å². The van der Waals surface area contributed by atoms with E-state index in [1.54, 1.807) is 0 Å². The van der Waals surface area contributed by atoms with E-state index in [4.69, 9.17) is 4.55 Å². The molecular weight excluding hydrogens is 143 g/mol. The van der Waals surface area contributed by atoms with Crippen LogP contribution in [0, 0.1) is 0 Å². The molecule has 0 heterocycles. The van der Waals surface area contributed by atoms with Gasteiger partial charge in [-0.1, -0.05) is 19.4 Å². The third-order valence-corrected chi connectivity index (χ3v) is 0. The summed E-state index contributed by atoms with van der Waals surface area (Å²) in [6.45, 7) is 0. The van der Waals surface area contributed by atoms with Crippen molar-refractivity contribution in [1.29, 1.82) is 0 Å². The van der Waals surface area contributed by atoms with Crippen LogP contribution < -0.4 is 0 Å². The van der Waals surface area contributed by atoms with E-state index in [9.17, 15) is 19.4 Å². The molecule has 0 spiro atoms. The molecule has 0 aliphatic carbocycles. The van der Waals surface area contributed by atoms with Gasteiger partial charge in [-0.3, -0.25) is 4.55 Å². The lowest BCUT2D eigenvalue weighted by Gasteiger charge is -2.32. The second-order valence-corrected chi connectivity index (χ2v) is 2.78. The van der Waals surface area contributed by atoms with Gasteiger partial charge in [-0.25, -0.2) is 0 Å². The quantitative estimate of drug-likeness (QED) is 0.518. The molecule has 0 atom stereocenters. The summed E-state index contributed by atoms with van der Waals surface area (Å²) in [5.41, 5.74) is 0. The Bertz CT molecular complexity index is 66.6. The summed E-state index contributed by atoms with van der Waals surface area (Å²) >= 11 is 0. The molecule has 0 aromatic rings. The van der Waals surface area contributed by atoms with Gasteiger partial charge in [-0.05, 0) is 0 Å². The summed E-state index contributed by atoms with van der Waals surface area (Å²) in [7, 11) is -9.97. The van der Waals surface area contributed by atoms with Gasteiger partial charge in [0.2, 0.25) is 0 Å². The second kappa shape index (κ2) is 0.655. The summed E-state index contributed by atoms with van der Waals surface area (Å²) in [5.74, 6) is 0. The molecule has 0 saturated heterocycles. The highest BCUT2D eigenvalue weighted by Crippen LogP contribution is 2.94. The van der Waals surface area contributed by atoms with E-state index >= 15 is 0 Å². The average molecular weight is 144 g/mol. The summed E-state index contributed by atoms with van der Waals surface area (Å²) in [5, 5.41) is 0. The predicted octanol–water partition coefficient (Wildman–Crippen LogP) is 2.76. The molecule has 0 aliphatic heterocycles. The first-order valence-corrected chi connectivity index (χ1v) is 2.86. The predicted molar refractivity (Wildman–Crippen MR) is 15.8 cm³/mol. The third kappa shape index (κ3) is 58400. The maximum atomic E-state index is 10.1. The molecular formula is HF5OS. The molecule has 0 fully saturated rings. The fraction of sp³-hybridized carbons (Fsp3) is 0. The van der Waals surface area contributed by atoms with Crippen molar-refractivity contribution in [1.82, 2.24) is 0 Å². The molecule has 7 heteroatoms. The highest BCUT2D eigenvalue weighted by molar-refractivity contribution is 8.41. The smallest absolute Gasteiger partial charge is 0.255 e. The molecule has 1 N–H and O–H groups in total. The zero-order chi connectivity index (χ0) is 6.41. The first-order chi connectivity index (χ1) is 2.45. The number of halogens is 5. The molecule has 0 rings (SSSR count). The zero-order valence-electron chi connectivity index (χ0n) is 2.75. The van der Waals surface area contributed by atoms with E-state index < -0.39 is 10.5 Å². The van der Waals surface area contributed by atoms with E-state index in [-0.39, 0.29) is 0 Å². The molecule has 7 heavy (non-hydrogen) atoms. The van der Waals surface area contributed by atoms with Crippen molar-refractivity contribution in [2.24, 2.45) is 0 Å².